The number of urea groups is 1. The summed E-state index contributed by atoms with van der Waals surface area (Å²) in [6.07, 6.45) is 4.67. The van der Waals surface area contributed by atoms with E-state index in [1.165, 1.54) is 6.42 Å². The smallest absolute Gasteiger partial charge is 0.317 e. The van der Waals surface area contributed by atoms with Crippen molar-refractivity contribution in [2.75, 3.05) is 26.2 Å². The first-order chi connectivity index (χ1) is 6.86. The molecule has 2 saturated heterocycles. The molecule has 80 valence electrons. The molecule has 2 heterocycles. The number of amides is 2. The standard InChI is InChI=1S/C10H19N3O/c14-10(12-9-4-5-11-8-9)13-6-2-1-3-7-13/h9,11H,1-8H2,(H,12,14)/t9-/m0/s1. The van der Waals surface area contributed by atoms with Crippen LogP contribution in [0.25, 0.3) is 0 Å². The fraction of sp³-hybridized carbons (Fsp3) is 0.900. The van der Waals surface area contributed by atoms with Crippen molar-refractivity contribution in [3.8, 4) is 0 Å². The van der Waals surface area contributed by atoms with Gasteiger partial charge in [-0.1, -0.05) is 0 Å². The number of nitrogens with one attached hydrogen (secondary N) is 2. The van der Waals surface area contributed by atoms with E-state index in [9.17, 15) is 4.79 Å². The van der Waals surface area contributed by atoms with Crippen molar-refractivity contribution in [2.24, 2.45) is 0 Å². The molecule has 4 heteroatoms. The van der Waals surface area contributed by atoms with Crippen LogP contribution in [-0.2, 0) is 0 Å². The summed E-state index contributed by atoms with van der Waals surface area (Å²) in [4.78, 5) is 13.7. The van der Waals surface area contributed by atoms with Crippen LogP contribution in [0.3, 0.4) is 0 Å². The van der Waals surface area contributed by atoms with Gasteiger partial charge in [0.1, 0.15) is 0 Å². The lowest BCUT2D eigenvalue weighted by atomic mass is 10.1. The van der Waals surface area contributed by atoms with Gasteiger partial charge in [0, 0.05) is 25.7 Å². The van der Waals surface area contributed by atoms with E-state index in [-0.39, 0.29) is 6.03 Å². The maximum absolute atomic E-state index is 11.7. The van der Waals surface area contributed by atoms with Crippen LogP contribution in [0, 0.1) is 0 Å². The van der Waals surface area contributed by atoms with Crippen molar-refractivity contribution in [1.82, 2.24) is 15.5 Å². The molecule has 0 radical (unpaired) electrons. The van der Waals surface area contributed by atoms with Crippen LogP contribution >= 0.6 is 0 Å². The van der Waals surface area contributed by atoms with E-state index in [1.807, 2.05) is 4.90 Å². The molecule has 0 aromatic heterocycles. The molecular formula is C10H19N3O. The monoisotopic (exact) mass is 197 g/mol. The van der Waals surface area contributed by atoms with Crippen molar-refractivity contribution in [2.45, 2.75) is 31.7 Å². The van der Waals surface area contributed by atoms with Gasteiger partial charge >= 0.3 is 6.03 Å². The highest BCUT2D eigenvalue weighted by Crippen LogP contribution is 2.09. The van der Waals surface area contributed by atoms with E-state index in [1.54, 1.807) is 0 Å². The second kappa shape index (κ2) is 4.64. The van der Waals surface area contributed by atoms with Gasteiger partial charge in [0.2, 0.25) is 0 Å². The Hall–Kier alpha value is -0.770. The highest BCUT2D eigenvalue weighted by molar-refractivity contribution is 5.74. The molecule has 0 bridgehead atoms. The summed E-state index contributed by atoms with van der Waals surface area (Å²) in [7, 11) is 0. The number of rotatable bonds is 1. The second-order valence-corrected chi connectivity index (χ2v) is 4.19. The molecule has 0 aromatic rings. The normalized spacial score (nSPS) is 27.7. The van der Waals surface area contributed by atoms with Crippen LogP contribution in [-0.4, -0.2) is 43.2 Å². The van der Waals surface area contributed by atoms with Gasteiger partial charge in [0.05, 0.1) is 0 Å². The summed E-state index contributed by atoms with van der Waals surface area (Å²) >= 11 is 0. The third-order valence-electron chi connectivity index (χ3n) is 3.03. The molecule has 14 heavy (non-hydrogen) atoms. The Bertz CT molecular complexity index is 196. The van der Waals surface area contributed by atoms with Gasteiger partial charge in [-0.3, -0.25) is 0 Å². The molecule has 2 aliphatic heterocycles. The lowest BCUT2D eigenvalue weighted by molar-refractivity contribution is 0.183. The predicted molar refractivity (Wildman–Crippen MR) is 55.2 cm³/mol. The Morgan fingerprint density at radius 1 is 1.29 bits per heavy atom. The number of carbonyl (C=O) groups is 1. The third-order valence-corrected chi connectivity index (χ3v) is 3.03. The highest BCUT2D eigenvalue weighted by Gasteiger charge is 2.21. The molecule has 1 atom stereocenters. The summed E-state index contributed by atoms with van der Waals surface area (Å²) in [5, 5.41) is 6.32. The van der Waals surface area contributed by atoms with Gasteiger partial charge in [0.15, 0.2) is 0 Å². The topological polar surface area (TPSA) is 44.4 Å². The highest BCUT2D eigenvalue weighted by atomic mass is 16.2. The molecule has 0 unspecified atom stereocenters. The van der Waals surface area contributed by atoms with E-state index in [0.29, 0.717) is 6.04 Å². The molecule has 2 aliphatic rings. The van der Waals surface area contributed by atoms with Crippen molar-refractivity contribution in [3.63, 3.8) is 0 Å². The van der Waals surface area contributed by atoms with E-state index >= 15 is 0 Å². The van der Waals surface area contributed by atoms with Gasteiger partial charge in [-0.2, -0.15) is 0 Å². The molecule has 2 N–H and O–H groups in total. The average molecular weight is 197 g/mol. The first kappa shape index (κ1) is 9.77. The molecule has 4 nitrogen and oxygen atoms in total. The Kier molecular flexibility index (Phi) is 3.24. The Labute approximate surface area is 85.0 Å². The molecule has 0 aromatic carbocycles. The summed E-state index contributed by atoms with van der Waals surface area (Å²) in [6, 6.07) is 0.489. The van der Waals surface area contributed by atoms with Crippen molar-refractivity contribution in [1.29, 1.82) is 0 Å². The van der Waals surface area contributed by atoms with Crippen molar-refractivity contribution >= 4 is 6.03 Å². The third kappa shape index (κ3) is 2.38. The summed E-state index contributed by atoms with van der Waals surface area (Å²) in [5.74, 6) is 0. The van der Waals surface area contributed by atoms with Crippen molar-refractivity contribution < 1.29 is 4.79 Å². The quantitative estimate of drug-likeness (QED) is 0.644. The number of hydrogen-bond acceptors (Lipinski definition) is 2. The minimum atomic E-state index is 0.137. The molecule has 2 amide bonds. The molecular weight excluding hydrogens is 178 g/mol. The number of likely N-dealkylation sites (tertiary alicyclic amines) is 1. The maximum Gasteiger partial charge on any atom is 0.317 e. The van der Waals surface area contributed by atoms with Gasteiger partial charge in [-0.25, -0.2) is 4.79 Å². The summed E-state index contributed by atoms with van der Waals surface area (Å²) in [6.45, 7) is 3.84. The second-order valence-electron chi connectivity index (χ2n) is 4.19. The van der Waals surface area contributed by atoms with Crippen LogP contribution < -0.4 is 10.6 Å². The Morgan fingerprint density at radius 2 is 2.07 bits per heavy atom. The number of piperidine rings is 1. The molecule has 2 rings (SSSR count). The fourth-order valence-electron chi connectivity index (χ4n) is 2.14. The molecule has 0 spiro atoms. The fourth-order valence-corrected chi connectivity index (χ4v) is 2.14. The van der Waals surface area contributed by atoms with Gasteiger partial charge < -0.3 is 15.5 Å². The van der Waals surface area contributed by atoms with Gasteiger partial charge in [-0.05, 0) is 32.2 Å². The van der Waals surface area contributed by atoms with Crippen LogP contribution in [0.5, 0.6) is 0 Å². The van der Waals surface area contributed by atoms with Crippen molar-refractivity contribution in [3.05, 3.63) is 0 Å². The molecule has 0 aliphatic carbocycles. The minimum absolute atomic E-state index is 0.137. The zero-order valence-electron chi connectivity index (χ0n) is 8.59. The average Bonchev–Trinajstić information content (AvgIpc) is 2.72. The number of carbonyl (C=O) groups excluding carboxylic acids is 1. The first-order valence-electron chi connectivity index (χ1n) is 5.62. The first-order valence-corrected chi connectivity index (χ1v) is 5.62. The lowest BCUT2D eigenvalue weighted by Gasteiger charge is -2.28. The minimum Gasteiger partial charge on any atom is -0.334 e. The number of hydrogen-bond donors (Lipinski definition) is 2. The number of nitrogens with zero attached hydrogens (tertiary/aromatic N) is 1. The predicted octanol–water partition coefficient (Wildman–Crippen LogP) is 0.544. The summed E-state index contributed by atoms with van der Waals surface area (Å²) < 4.78 is 0. The van der Waals surface area contributed by atoms with Crippen LogP contribution in [0.2, 0.25) is 0 Å². The Morgan fingerprint density at radius 3 is 2.71 bits per heavy atom. The van der Waals surface area contributed by atoms with Gasteiger partial charge in [-0.15, -0.1) is 0 Å². The Balaban J connectivity index is 1.75. The van der Waals surface area contributed by atoms with Gasteiger partial charge in [0.25, 0.3) is 0 Å². The molecule has 0 saturated carbocycles. The van der Waals surface area contributed by atoms with E-state index in [2.05, 4.69) is 10.6 Å². The zero-order valence-corrected chi connectivity index (χ0v) is 8.59. The van der Waals surface area contributed by atoms with Crippen LogP contribution in [0.1, 0.15) is 25.7 Å². The SMILES string of the molecule is O=C(N[C@H]1CCNC1)N1CCCCC1. The van der Waals surface area contributed by atoms with E-state index in [0.717, 1.165) is 45.4 Å². The zero-order chi connectivity index (χ0) is 9.80. The summed E-state index contributed by atoms with van der Waals surface area (Å²) in [5.41, 5.74) is 0. The van der Waals surface area contributed by atoms with E-state index < -0.39 is 0 Å². The molecule has 2 fully saturated rings. The largest absolute Gasteiger partial charge is 0.334 e. The maximum atomic E-state index is 11.7. The van der Waals surface area contributed by atoms with E-state index in [4.69, 9.17) is 0 Å². The van der Waals surface area contributed by atoms with Crippen LogP contribution in [0.4, 0.5) is 4.79 Å². The lowest BCUT2D eigenvalue weighted by Crippen LogP contribution is -2.47. The van der Waals surface area contributed by atoms with Crippen LogP contribution in [0.15, 0.2) is 0 Å².